The fraction of sp³-hybridized carbons (Fsp3) is 0.300. The molecule has 0 spiro atoms. The molecule has 0 saturated carbocycles. The van der Waals surface area contributed by atoms with E-state index in [1.54, 1.807) is 72.8 Å². The summed E-state index contributed by atoms with van der Waals surface area (Å²) in [7, 11) is -6.65. The molecule has 14 heteroatoms. The summed E-state index contributed by atoms with van der Waals surface area (Å²) in [6.45, 7) is 3.97. The van der Waals surface area contributed by atoms with Crippen molar-refractivity contribution >= 4 is 68.9 Å². The van der Waals surface area contributed by atoms with E-state index in [1.807, 2.05) is 37.5 Å². The molecule has 0 radical (unpaired) electrons. The first-order valence-corrected chi connectivity index (χ1v) is 24.4. The Morgan fingerprint density at radius 3 is 0.841 bits per heavy atom. The van der Waals surface area contributed by atoms with Crippen molar-refractivity contribution in [2.24, 2.45) is 0 Å². The Labute approximate surface area is 269 Å². The van der Waals surface area contributed by atoms with Crippen molar-refractivity contribution < 1.29 is 39.0 Å². The minimum absolute atomic E-state index is 0.380. The number of esters is 3. The summed E-state index contributed by atoms with van der Waals surface area (Å²) < 4.78 is 49.8. The van der Waals surface area contributed by atoms with E-state index in [1.165, 1.54) is 20.8 Å². The number of hydrogen-bond acceptors (Lipinski definition) is 10. The zero-order valence-corrected chi connectivity index (χ0v) is 31.2. The topological polar surface area (TPSA) is 124 Å². The fourth-order valence-electron chi connectivity index (χ4n) is 3.86. The molecule has 0 fully saturated rings. The van der Waals surface area contributed by atoms with E-state index in [0.29, 0.717) is 17.2 Å². The first-order chi connectivity index (χ1) is 20.3. The molecule has 10 nitrogen and oxygen atoms in total. The summed E-state index contributed by atoms with van der Waals surface area (Å²) in [5.41, 5.74) is 0. The quantitative estimate of drug-likeness (QED) is 0.110. The Balaban J connectivity index is 1.98. The SMILES string of the molecule is CC(=O)Oc1ccc(S(C)(C)[O][Sb](=[O])([O]S(C)(C)c2ccc(OC(C)=O)cc2)[O]S(C)(C)c2ccc(OC(C)=O)cc2)cc1. The van der Waals surface area contributed by atoms with Gasteiger partial charge in [0.1, 0.15) is 0 Å². The number of carbonyl (C=O) groups excluding carboxylic acids is 3. The van der Waals surface area contributed by atoms with Crippen LogP contribution in [0.2, 0.25) is 0 Å². The van der Waals surface area contributed by atoms with Gasteiger partial charge in [-0.3, -0.25) is 0 Å². The van der Waals surface area contributed by atoms with Gasteiger partial charge in [-0.15, -0.1) is 0 Å². The molecular weight excluding hydrogens is 738 g/mol. The molecule has 0 heterocycles. The zero-order chi connectivity index (χ0) is 32.9. The van der Waals surface area contributed by atoms with Crippen LogP contribution >= 0.6 is 30.9 Å². The van der Waals surface area contributed by atoms with E-state index in [4.69, 9.17) is 21.6 Å². The van der Waals surface area contributed by atoms with E-state index < -0.39 is 68.9 Å². The van der Waals surface area contributed by atoms with Gasteiger partial charge in [-0.1, -0.05) is 0 Å². The van der Waals surface area contributed by atoms with Gasteiger partial charge in [0.2, 0.25) is 0 Å². The standard InChI is InChI=1S/3C10H14O3S.O.Sb/c3*1-8(11)13-9-4-6-10(7-5-9)14(2,3)12;;/h3*4-7,12H,1-3H3;;/q;;;;+3/p-3. The van der Waals surface area contributed by atoms with Gasteiger partial charge in [-0.25, -0.2) is 0 Å². The molecule has 0 aliphatic carbocycles. The van der Waals surface area contributed by atoms with Crippen LogP contribution in [0.4, 0.5) is 0 Å². The van der Waals surface area contributed by atoms with Crippen molar-refractivity contribution in [1.82, 2.24) is 0 Å². The number of benzene rings is 3. The number of hydrogen-bond donors (Lipinski definition) is 0. The Morgan fingerprint density at radius 1 is 0.455 bits per heavy atom. The van der Waals surface area contributed by atoms with Crippen LogP contribution in [0.15, 0.2) is 87.5 Å². The van der Waals surface area contributed by atoms with Crippen LogP contribution in [-0.2, 0) is 24.8 Å². The van der Waals surface area contributed by atoms with E-state index in [2.05, 4.69) is 0 Å². The molecule has 0 aliphatic heterocycles. The predicted octanol–water partition coefficient (Wildman–Crippen LogP) is 6.79. The number of carbonyl (C=O) groups is 3. The Bertz CT molecular complexity index is 1350. The van der Waals surface area contributed by atoms with Crippen molar-refractivity contribution in [3.63, 3.8) is 0 Å². The van der Waals surface area contributed by atoms with Crippen molar-refractivity contribution in [3.8, 4) is 17.2 Å². The molecule has 0 unspecified atom stereocenters. The maximum absolute atomic E-state index is 14.9. The van der Waals surface area contributed by atoms with Crippen LogP contribution in [0.3, 0.4) is 0 Å². The molecule has 3 aromatic rings. The molecular formula is C30H39O10S3Sb. The van der Waals surface area contributed by atoms with Crippen LogP contribution in [0.1, 0.15) is 20.8 Å². The van der Waals surface area contributed by atoms with Crippen LogP contribution in [-0.4, -0.2) is 75.5 Å². The van der Waals surface area contributed by atoms with E-state index >= 15 is 0 Å². The van der Waals surface area contributed by atoms with Gasteiger partial charge in [-0.05, 0) is 0 Å². The summed E-state index contributed by atoms with van der Waals surface area (Å²) in [5.74, 6) is -0.168. The Morgan fingerprint density at radius 2 is 0.659 bits per heavy atom. The Kier molecular flexibility index (Phi) is 11.8. The summed E-state index contributed by atoms with van der Waals surface area (Å²) in [5, 5.41) is 0. The van der Waals surface area contributed by atoms with Crippen LogP contribution in [0.5, 0.6) is 17.2 Å². The van der Waals surface area contributed by atoms with Crippen molar-refractivity contribution in [3.05, 3.63) is 72.8 Å². The second-order valence-corrected chi connectivity index (χ2v) is 26.2. The first kappa shape index (κ1) is 36.1. The summed E-state index contributed by atoms with van der Waals surface area (Å²) in [6, 6.07) is 20.5. The number of ether oxygens (including phenoxy) is 3. The average molecular weight is 778 g/mol. The number of rotatable bonds is 12. The van der Waals surface area contributed by atoms with E-state index in [-0.39, 0.29) is 0 Å². The molecule has 0 amide bonds. The van der Waals surface area contributed by atoms with Gasteiger partial charge < -0.3 is 0 Å². The second kappa shape index (κ2) is 14.4. The molecule has 0 N–H and O–H groups in total. The molecule has 0 aromatic heterocycles. The summed E-state index contributed by atoms with van der Waals surface area (Å²) in [6.07, 6.45) is 11.0. The van der Waals surface area contributed by atoms with Gasteiger partial charge in [0.15, 0.2) is 0 Å². The monoisotopic (exact) mass is 776 g/mol. The third-order valence-electron chi connectivity index (χ3n) is 5.79. The van der Waals surface area contributed by atoms with Crippen LogP contribution < -0.4 is 14.2 Å². The molecule has 0 atom stereocenters. The third kappa shape index (κ3) is 10.3. The van der Waals surface area contributed by atoms with Crippen molar-refractivity contribution in [2.45, 2.75) is 35.5 Å². The first-order valence-electron chi connectivity index (χ1n) is 13.1. The third-order valence-corrected chi connectivity index (χ3v) is 25.9. The predicted molar refractivity (Wildman–Crippen MR) is 176 cm³/mol. The fourth-order valence-corrected chi connectivity index (χ4v) is 24.0. The molecule has 0 aliphatic rings. The minimum atomic E-state index is -5.58. The molecule has 44 heavy (non-hydrogen) atoms. The molecule has 3 rings (SSSR count). The van der Waals surface area contributed by atoms with Gasteiger partial charge >= 0.3 is 271 Å². The normalized spacial score (nSPS) is 13.5. The molecule has 3 aromatic carbocycles. The Hall–Kier alpha value is -2.38. The van der Waals surface area contributed by atoms with E-state index in [0.717, 1.165) is 14.7 Å². The van der Waals surface area contributed by atoms with Crippen LogP contribution in [0.25, 0.3) is 0 Å². The zero-order valence-electron chi connectivity index (χ0n) is 26.2. The molecule has 242 valence electrons. The molecule has 0 bridgehead atoms. The second-order valence-electron chi connectivity index (χ2n) is 10.6. The van der Waals surface area contributed by atoms with Crippen molar-refractivity contribution in [1.29, 1.82) is 0 Å². The van der Waals surface area contributed by atoms with Gasteiger partial charge in [-0.2, -0.15) is 0 Å². The van der Waals surface area contributed by atoms with Gasteiger partial charge in [0, 0.05) is 0 Å². The maximum atomic E-state index is 14.9. The van der Waals surface area contributed by atoms with Gasteiger partial charge in [0.05, 0.1) is 0 Å². The van der Waals surface area contributed by atoms with E-state index in [9.17, 15) is 17.4 Å². The molecule has 0 saturated heterocycles. The van der Waals surface area contributed by atoms with Crippen molar-refractivity contribution in [2.75, 3.05) is 37.5 Å². The average Bonchev–Trinajstić information content (AvgIpc) is 2.87. The van der Waals surface area contributed by atoms with Crippen LogP contribution in [0, 0.1) is 0 Å². The summed E-state index contributed by atoms with van der Waals surface area (Å²) in [4.78, 5) is 36.3. The van der Waals surface area contributed by atoms with Gasteiger partial charge in [0.25, 0.3) is 0 Å². The summed E-state index contributed by atoms with van der Waals surface area (Å²) >= 11 is -5.58.